The molecular formula is C20H24N4O6Si. The summed E-state index contributed by atoms with van der Waals surface area (Å²) in [6.45, 7) is 6.65. The molecule has 11 heteroatoms. The van der Waals surface area contributed by atoms with Gasteiger partial charge in [-0.3, -0.25) is 9.78 Å². The van der Waals surface area contributed by atoms with Gasteiger partial charge in [0.05, 0.1) is 35.6 Å². The number of furan rings is 1. The Bertz CT molecular complexity index is 1050. The van der Waals surface area contributed by atoms with E-state index in [1.807, 2.05) is 12.3 Å². The summed E-state index contributed by atoms with van der Waals surface area (Å²) in [5.74, 6) is 0.305. The fraction of sp³-hybridized carbons (Fsp3) is 0.300. The number of anilines is 1. The van der Waals surface area contributed by atoms with Crippen molar-refractivity contribution in [2.45, 2.75) is 19.6 Å². The van der Waals surface area contributed by atoms with E-state index in [0.29, 0.717) is 5.75 Å². The molecule has 0 aliphatic heterocycles. The lowest BCUT2D eigenvalue weighted by Gasteiger charge is -2.16. The molecule has 0 unspecified atom stereocenters. The molecule has 0 saturated carbocycles. The largest absolute Gasteiger partial charge is 0.479 e. The molecule has 0 aromatic carbocycles. The van der Waals surface area contributed by atoms with E-state index >= 15 is 0 Å². The summed E-state index contributed by atoms with van der Waals surface area (Å²) < 4.78 is 26.7. The van der Waals surface area contributed by atoms with Crippen molar-refractivity contribution in [2.24, 2.45) is 0 Å². The van der Waals surface area contributed by atoms with Crippen molar-refractivity contribution < 1.29 is 28.2 Å². The van der Waals surface area contributed by atoms with Gasteiger partial charge in [-0.05, 0) is 17.3 Å². The predicted molar refractivity (Wildman–Crippen MR) is 116 cm³/mol. The van der Waals surface area contributed by atoms with Crippen molar-refractivity contribution in [2.75, 3.05) is 26.6 Å². The van der Waals surface area contributed by atoms with Gasteiger partial charge in [0.15, 0.2) is 11.4 Å². The summed E-state index contributed by atoms with van der Waals surface area (Å²) in [5, 5.41) is 3.78. The second-order valence-electron chi connectivity index (χ2n) is 7.44. The van der Waals surface area contributed by atoms with Gasteiger partial charge in [0.25, 0.3) is 11.9 Å². The highest BCUT2D eigenvalue weighted by Crippen LogP contribution is 2.33. The average Bonchev–Trinajstić information content (AvgIpc) is 3.21. The van der Waals surface area contributed by atoms with E-state index in [4.69, 9.17) is 23.4 Å². The maximum absolute atomic E-state index is 12.7. The number of pyridine rings is 1. The third-order valence-electron chi connectivity index (χ3n) is 4.23. The van der Waals surface area contributed by atoms with Gasteiger partial charge in [-0.15, -0.1) is 0 Å². The van der Waals surface area contributed by atoms with Gasteiger partial charge < -0.3 is 28.7 Å². The van der Waals surface area contributed by atoms with E-state index in [1.165, 1.54) is 27.4 Å². The van der Waals surface area contributed by atoms with Gasteiger partial charge >= 0.3 is 6.01 Å². The third-order valence-corrected chi connectivity index (χ3v) is 6.24. The summed E-state index contributed by atoms with van der Waals surface area (Å²) in [4.78, 5) is 25.0. The first-order valence-corrected chi connectivity index (χ1v) is 12.8. The molecule has 3 rings (SSSR count). The molecule has 0 bridgehead atoms. The lowest BCUT2D eigenvalue weighted by Crippen LogP contribution is -2.37. The van der Waals surface area contributed by atoms with Crippen molar-refractivity contribution in [1.82, 2.24) is 15.0 Å². The van der Waals surface area contributed by atoms with Crippen LogP contribution in [0.4, 0.5) is 5.69 Å². The number of hydrogen-bond donors (Lipinski definition) is 1. The normalized spacial score (nSPS) is 11.0. The second kappa shape index (κ2) is 9.04. The number of hydrogen-bond acceptors (Lipinski definition) is 9. The van der Waals surface area contributed by atoms with E-state index in [0.717, 1.165) is 5.19 Å². The van der Waals surface area contributed by atoms with Crippen LogP contribution in [0.15, 0.2) is 35.0 Å². The van der Waals surface area contributed by atoms with Crippen molar-refractivity contribution in [3.63, 3.8) is 0 Å². The monoisotopic (exact) mass is 444 g/mol. The second-order valence-corrected chi connectivity index (χ2v) is 12.5. The standard InChI is InChI=1S/C20H24N4O6Si/c1-26-18-16(19(27-2)24-20(23-18)28-3)22-17(25)14-7-8-15(30-14)29-12-9-13(11-21-10-12)31(4,5)6/h7-11H,1-6H3,(H,22,25). The summed E-state index contributed by atoms with van der Waals surface area (Å²) in [7, 11) is 2.67. The van der Waals surface area contributed by atoms with Crippen LogP contribution in [0, 0.1) is 0 Å². The summed E-state index contributed by atoms with van der Waals surface area (Å²) >= 11 is 0. The third kappa shape index (κ3) is 5.12. The molecule has 3 aromatic rings. The first-order chi connectivity index (χ1) is 14.7. The van der Waals surface area contributed by atoms with Crippen molar-refractivity contribution in [1.29, 1.82) is 0 Å². The van der Waals surface area contributed by atoms with Crippen LogP contribution >= 0.6 is 0 Å². The lowest BCUT2D eigenvalue weighted by atomic mass is 10.4. The molecule has 1 N–H and O–H groups in total. The first kappa shape index (κ1) is 22.1. The van der Waals surface area contributed by atoms with Gasteiger partial charge in [-0.1, -0.05) is 19.6 Å². The number of aromatic nitrogens is 3. The smallest absolute Gasteiger partial charge is 0.322 e. The number of nitrogens with one attached hydrogen (secondary N) is 1. The molecule has 0 radical (unpaired) electrons. The van der Waals surface area contributed by atoms with Gasteiger partial charge in [0.2, 0.25) is 11.8 Å². The van der Waals surface area contributed by atoms with Crippen LogP contribution in [0.5, 0.6) is 29.5 Å². The molecule has 0 aliphatic rings. The average molecular weight is 445 g/mol. The fourth-order valence-corrected chi connectivity index (χ4v) is 3.61. The molecule has 164 valence electrons. The number of carbonyl (C=O) groups is 1. The van der Waals surface area contributed by atoms with Gasteiger partial charge in [-0.2, -0.15) is 9.97 Å². The molecule has 10 nitrogen and oxygen atoms in total. The van der Waals surface area contributed by atoms with Crippen LogP contribution in [-0.4, -0.2) is 50.3 Å². The lowest BCUT2D eigenvalue weighted by molar-refractivity contribution is 0.0990. The number of ether oxygens (including phenoxy) is 4. The Kier molecular flexibility index (Phi) is 6.44. The van der Waals surface area contributed by atoms with Gasteiger partial charge in [-0.25, -0.2) is 0 Å². The van der Waals surface area contributed by atoms with Crippen LogP contribution in [0.25, 0.3) is 0 Å². The van der Waals surface area contributed by atoms with Crippen LogP contribution in [0.1, 0.15) is 10.6 Å². The molecule has 3 aromatic heterocycles. The van der Waals surface area contributed by atoms with E-state index in [2.05, 4.69) is 39.9 Å². The maximum Gasteiger partial charge on any atom is 0.322 e. The highest BCUT2D eigenvalue weighted by Gasteiger charge is 2.22. The molecular weight excluding hydrogens is 420 g/mol. The summed E-state index contributed by atoms with van der Waals surface area (Å²) in [5.41, 5.74) is 0.140. The van der Waals surface area contributed by atoms with E-state index in [9.17, 15) is 4.79 Å². The molecule has 1 amide bonds. The van der Waals surface area contributed by atoms with Crippen LogP contribution in [0.2, 0.25) is 19.6 Å². The van der Waals surface area contributed by atoms with Crippen LogP contribution < -0.4 is 29.5 Å². The van der Waals surface area contributed by atoms with Gasteiger partial charge in [0.1, 0.15) is 5.75 Å². The van der Waals surface area contributed by atoms with Crippen molar-refractivity contribution >= 4 is 24.9 Å². The molecule has 0 aliphatic carbocycles. The van der Waals surface area contributed by atoms with E-state index in [1.54, 1.807) is 12.3 Å². The topological polar surface area (TPSA) is 118 Å². The Morgan fingerprint density at radius 1 is 1.00 bits per heavy atom. The number of rotatable bonds is 8. The Morgan fingerprint density at radius 2 is 1.68 bits per heavy atom. The molecule has 0 atom stereocenters. The zero-order valence-electron chi connectivity index (χ0n) is 18.2. The SMILES string of the molecule is COc1nc(OC)c(NC(=O)c2ccc(Oc3cncc([Si](C)(C)C)c3)o2)c(OC)n1. The highest BCUT2D eigenvalue weighted by atomic mass is 28.3. The van der Waals surface area contributed by atoms with E-state index < -0.39 is 14.0 Å². The summed E-state index contributed by atoms with van der Waals surface area (Å²) in [6, 6.07) is 5.01. The van der Waals surface area contributed by atoms with Crippen LogP contribution in [-0.2, 0) is 0 Å². The molecule has 0 spiro atoms. The number of amides is 1. The molecule has 31 heavy (non-hydrogen) atoms. The quantitative estimate of drug-likeness (QED) is 0.523. The van der Waals surface area contributed by atoms with Crippen LogP contribution in [0.3, 0.4) is 0 Å². The Hall–Kier alpha value is -3.60. The number of methoxy groups -OCH3 is 3. The Balaban J connectivity index is 1.79. The predicted octanol–water partition coefficient (Wildman–Crippen LogP) is 3.08. The van der Waals surface area contributed by atoms with Crippen molar-refractivity contribution in [3.8, 4) is 29.5 Å². The minimum Gasteiger partial charge on any atom is -0.479 e. The number of carbonyl (C=O) groups excluding carboxylic acids is 1. The summed E-state index contributed by atoms with van der Waals surface area (Å²) in [6.07, 6.45) is 3.44. The maximum atomic E-state index is 12.7. The number of nitrogens with zero attached hydrogens (tertiary/aromatic N) is 3. The zero-order chi connectivity index (χ0) is 22.6. The zero-order valence-corrected chi connectivity index (χ0v) is 19.2. The molecule has 3 heterocycles. The Morgan fingerprint density at radius 3 is 2.26 bits per heavy atom. The Labute approximate surface area is 180 Å². The minimum atomic E-state index is -1.54. The first-order valence-electron chi connectivity index (χ1n) is 9.33. The highest BCUT2D eigenvalue weighted by molar-refractivity contribution is 6.88. The molecule has 0 saturated heterocycles. The van der Waals surface area contributed by atoms with E-state index in [-0.39, 0.29) is 35.2 Å². The van der Waals surface area contributed by atoms with Gasteiger partial charge in [0, 0.05) is 12.3 Å². The molecule has 0 fully saturated rings. The minimum absolute atomic E-state index is 0.0178. The van der Waals surface area contributed by atoms with Crippen molar-refractivity contribution in [3.05, 3.63) is 36.4 Å². The fourth-order valence-electron chi connectivity index (χ4n) is 2.57.